The first-order valence-corrected chi connectivity index (χ1v) is 5.18. The van der Waals surface area contributed by atoms with Gasteiger partial charge in [0, 0.05) is 11.6 Å². The van der Waals surface area contributed by atoms with E-state index in [1.165, 1.54) is 19.3 Å². The molecule has 1 aliphatic rings. The monoisotopic (exact) mass is 181 g/mol. The van der Waals surface area contributed by atoms with E-state index in [1.54, 1.807) is 0 Å². The third-order valence-electron chi connectivity index (χ3n) is 2.73. The number of carbonyl (C=O) groups excluding carboxylic acids is 1. The summed E-state index contributed by atoms with van der Waals surface area (Å²) in [6, 6.07) is 0. The van der Waals surface area contributed by atoms with E-state index in [0.29, 0.717) is 0 Å². The van der Waals surface area contributed by atoms with Gasteiger partial charge in [0.25, 0.3) is 0 Å². The second-order valence-electron chi connectivity index (χ2n) is 3.80. The van der Waals surface area contributed by atoms with Gasteiger partial charge in [0.2, 0.25) is 5.91 Å². The highest BCUT2D eigenvalue weighted by Gasteiger charge is 2.20. The van der Waals surface area contributed by atoms with Gasteiger partial charge in [-0.2, -0.15) is 0 Å². The van der Waals surface area contributed by atoms with Crippen LogP contribution in [0, 0.1) is 5.92 Å². The fourth-order valence-corrected chi connectivity index (χ4v) is 1.73. The summed E-state index contributed by atoms with van der Waals surface area (Å²) in [5, 5.41) is 2.92. The zero-order valence-electron chi connectivity index (χ0n) is 8.60. The lowest BCUT2D eigenvalue weighted by atomic mass is 9.88. The van der Waals surface area contributed by atoms with Gasteiger partial charge in [0.1, 0.15) is 0 Å². The van der Waals surface area contributed by atoms with Crippen LogP contribution in [0.15, 0.2) is 11.8 Å². The number of nitrogens with one attached hydrogen (secondary N) is 1. The van der Waals surface area contributed by atoms with Crippen molar-refractivity contribution in [1.29, 1.82) is 0 Å². The smallest absolute Gasteiger partial charge is 0.227 e. The van der Waals surface area contributed by atoms with Gasteiger partial charge in [-0.1, -0.05) is 25.3 Å². The molecule has 1 saturated carbocycles. The summed E-state index contributed by atoms with van der Waals surface area (Å²) in [6.07, 6.45) is 7.80. The Hall–Kier alpha value is -0.790. The fraction of sp³-hybridized carbons (Fsp3) is 0.727. The minimum atomic E-state index is 0.218. The highest BCUT2D eigenvalue weighted by atomic mass is 16.1. The average molecular weight is 181 g/mol. The predicted octanol–water partition coefficient (Wildman–Crippen LogP) is 2.61. The molecule has 74 valence electrons. The minimum absolute atomic E-state index is 0.218. The Morgan fingerprint density at radius 2 is 1.92 bits per heavy atom. The second kappa shape index (κ2) is 5.05. The average Bonchev–Trinajstić information content (AvgIpc) is 2.19. The maximum atomic E-state index is 11.6. The van der Waals surface area contributed by atoms with E-state index >= 15 is 0 Å². The van der Waals surface area contributed by atoms with Crippen LogP contribution in [-0.4, -0.2) is 5.91 Å². The minimum Gasteiger partial charge on any atom is -0.330 e. The molecule has 0 atom stereocenters. The number of allylic oxidation sites excluding steroid dienone is 2. The van der Waals surface area contributed by atoms with E-state index in [2.05, 4.69) is 5.32 Å². The molecule has 1 amide bonds. The molecule has 0 spiro atoms. The van der Waals surface area contributed by atoms with Crippen LogP contribution in [0.2, 0.25) is 0 Å². The van der Waals surface area contributed by atoms with Crippen molar-refractivity contribution >= 4 is 5.91 Å². The van der Waals surface area contributed by atoms with Crippen molar-refractivity contribution in [3.05, 3.63) is 11.8 Å². The molecule has 1 aliphatic carbocycles. The Bertz CT molecular complexity index is 202. The van der Waals surface area contributed by atoms with Gasteiger partial charge in [-0.3, -0.25) is 4.79 Å². The summed E-state index contributed by atoms with van der Waals surface area (Å²) in [5.41, 5.74) is 0.968. The lowest BCUT2D eigenvalue weighted by molar-refractivity contribution is -0.125. The SMILES string of the molecule is C/C=C(\C)NC(=O)C1CCCCC1. The van der Waals surface area contributed by atoms with Gasteiger partial charge in [0.05, 0.1) is 0 Å². The maximum Gasteiger partial charge on any atom is 0.227 e. The molecule has 1 rings (SSSR count). The Morgan fingerprint density at radius 3 is 2.46 bits per heavy atom. The van der Waals surface area contributed by atoms with Crippen LogP contribution >= 0.6 is 0 Å². The first kappa shape index (κ1) is 10.3. The van der Waals surface area contributed by atoms with Crippen LogP contribution in [0.1, 0.15) is 46.0 Å². The molecule has 0 heterocycles. The highest BCUT2D eigenvalue weighted by Crippen LogP contribution is 2.23. The first-order valence-electron chi connectivity index (χ1n) is 5.18. The van der Waals surface area contributed by atoms with E-state index in [-0.39, 0.29) is 11.8 Å². The zero-order chi connectivity index (χ0) is 9.68. The van der Waals surface area contributed by atoms with E-state index < -0.39 is 0 Å². The van der Waals surface area contributed by atoms with Crippen LogP contribution < -0.4 is 5.32 Å². The number of hydrogen-bond acceptors (Lipinski definition) is 1. The lowest BCUT2D eigenvalue weighted by Gasteiger charge is -2.20. The molecule has 2 heteroatoms. The Morgan fingerprint density at radius 1 is 1.31 bits per heavy atom. The Kier molecular flexibility index (Phi) is 4.00. The molecule has 0 saturated heterocycles. The van der Waals surface area contributed by atoms with Gasteiger partial charge in [-0.25, -0.2) is 0 Å². The lowest BCUT2D eigenvalue weighted by Crippen LogP contribution is -2.30. The molecule has 2 nitrogen and oxygen atoms in total. The van der Waals surface area contributed by atoms with Crippen molar-refractivity contribution in [2.45, 2.75) is 46.0 Å². The molecular formula is C11H19NO. The van der Waals surface area contributed by atoms with Gasteiger partial charge >= 0.3 is 0 Å². The van der Waals surface area contributed by atoms with Crippen molar-refractivity contribution in [2.24, 2.45) is 5.92 Å². The van der Waals surface area contributed by atoms with Crippen LogP contribution in [0.25, 0.3) is 0 Å². The largest absolute Gasteiger partial charge is 0.330 e. The van der Waals surface area contributed by atoms with Crippen LogP contribution in [-0.2, 0) is 4.79 Å². The summed E-state index contributed by atoms with van der Waals surface area (Å²) in [7, 11) is 0. The van der Waals surface area contributed by atoms with Crippen LogP contribution in [0.5, 0.6) is 0 Å². The van der Waals surface area contributed by atoms with Crippen molar-refractivity contribution in [2.75, 3.05) is 0 Å². The van der Waals surface area contributed by atoms with Gasteiger partial charge < -0.3 is 5.32 Å². The Balaban J connectivity index is 2.37. The number of hydrogen-bond donors (Lipinski definition) is 1. The van der Waals surface area contributed by atoms with Gasteiger partial charge in [-0.15, -0.1) is 0 Å². The second-order valence-corrected chi connectivity index (χ2v) is 3.80. The normalized spacial score (nSPS) is 20.0. The molecule has 13 heavy (non-hydrogen) atoms. The Labute approximate surface area is 80.4 Å². The summed E-state index contributed by atoms with van der Waals surface area (Å²) < 4.78 is 0. The summed E-state index contributed by atoms with van der Waals surface area (Å²) in [4.78, 5) is 11.6. The quantitative estimate of drug-likeness (QED) is 0.697. The van der Waals surface area contributed by atoms with E-state index in [0.717, 1.165) is 18.5 Å². The number of carbonyl (C=O) groups is 1. The van der Waals surface area contributed by atoms with E-state index in [1.807, 2.05) is 19.9 Å². The van der Waals surface area contributed by atoms with E-state index in [9.17, 15) is 4.79 Å². The van der Waals surface area contributed by atoms with Gasteiger partial charge in [-0.05, 0) is 26.7 Å². The molecule has 0 unspecified atom stereocenters. The third-order valence-corrected chi connectivity index (χ3v) is 2.73. The molecular weight excluding hydrogens is 162 g/mol. The van der Waals surface area contributed by atoms with Crippen molar-refractivity contribution in [3.63, 3.8) is 0 Å². The summed E-state index contributed by atoms with van der Waals surface area (Å²) >= 11 is 0. The summed E-state index contributed by atoms with van der Waals surface area (Å²) in [6.45, 7) is 3.87. The maximum absolute atomic E-state index is 11.6. The fourth-order valence-electron chi connectivity index (χ4n) is 1.73. The van der Waals surface area contributed by atoms with Crippen LogP contribution in [0.4, 0.5) is 0 Å². The van der Waals surface area contributed by atoms with E-state index in [4.69, 9.17) is 0 Å². The molecule has 1 N–H and O–H groups in total. The predicted molar refractivity (Wildman–Crippen MR) is 54.1 cm³/mol. The molecule has 0 bridgehead atoms. The number of rotatable bonds is 2. The topological polar surface area (TPSA) is 29.1 Å². The van der Waals surface area contributed by atoms with Gasteiger partial charge in [0.15, 0.2) is 0 Å². The van der Waals surface area contributed by atoms with Crippen molar-refractivity contribution < 1.29 is 4.79 Å². The van der Waals surface area contributed by atoms with Crippen molar-refractivity contribution in [1.82, 2.24) is 5.32 Å². The summed E-state index contributed by atoms with van der Waals surface area (Å²) in [5.74, 6) is 0.485. The zero-order valence-corrected chi connectivity index (χ0v) is 8.60. The molecule has 0 aromatic carbocycles. The standard InChI is InChI=1S/C11H19NO/c1-3-9(2)12-11(13)10-7-5-4-6-8-10/h3,10H,4-8H2,1-2H3,(H,12,13)/b9-3+. The third kappa shape index (κ3) is 3.21. The molecule has 0 aliphatic heterocycles. The molecule has 0 aromatic heterocycles. The highest BCUT2D eigenvalue weighted by molar-refractivity contribution is 5.80. The molecule has 0 aromatic rings. The molecule has 1 fully saturated rings. The molecule has 0 radical (unpaired) electrons. The van der Waals surface area contributed by atoms with Crippen LogP contribution in [0.3, 0.4) is 0 Å². The van der Waals surface area contributed by atoms with Crippen molar-refractivity contribution in [3.8, 4) is 0 Å². The number of amides is 1. The first-order chi connectivity index (χ1) is 6.24.